The number of carbonyl (C=O) groups is 2. The van der Waals surface area contributed by atoms with Crippen molar-refractivity contribution in [3.8, 4) is 0 Å². The van der Waals surface area contributed by atoms with Crippen molar-refractivity contribution in [3.05, 3.63) is 12.3 Å². The van der Waals surface area contributed by atoms with Crippen LogP contribution in [-0.2, 0) is 4.79 Å². The third kappa shape index (κ3) is 1.25. The topological polar surface area (TPSA) is 61.4 Å². The van der Waals surface area contributed by atoms with Crippen LogP contribution in [0.1, 0.15) is 0 Å². The number of amides is 3. The van der Waals surface area contributed by atoms with Crippen molar-refractivity contribution in [2.24, 2.45) is 0 Å². The second-order valence-electron chi connectivity index (χ2n) is 1.69. The Labute approximate surface area is 57.7 Å². The van der Waals surface area contributed by atoms with Crippen LogP contribution in [-0.4, -0.2) is 24.0 Å². The van der Waals surface area contributed by atoms with Crippen LogP contribution >= 0.6 is 0 Å². The van der Waals surface area contributed by atoms with Crippen molar-refractivity contribution in [1.29, 1.82) is 0 Å². The van der Waals surface area contributed by atoms with E-state index in [2.05, 4.69) is 10.7 Å². The molecule has 0 saturated carbocycles. The molecule has 10 heavy (non-hydrogen) atoms. The zero-order chi connectivity index (χ0) is 7.40. The Morgan fingerprint density at radius 2 is 2.60 bits per heavy atom. The second kappa shape index (κ2) is 2.86. The Morgan fingerprint density at radius 3 is 3.20 bits per heavy atom. The lowest BCUT2D eigenvalue weighted by atomic mass is 10.5. The van der Waals surface area contributed by atoms with E-state index in [0.717, 1.165) is 5.01 Å². The monoisotopic (exact) mass is 141 g/mol. The van der Waals surface area contributed by atoms with Crippen LogP contribution in [0.3, 0.4) is 0 Å². The summed E-state index contributed by atoms with van der Waals surface area (Å²) in [6.45, 7) is 0.510. The normalized spacial score (nSPS) is 16.4. The molecule has 0 radical (unpaired) electrons. The lowest BCUT2D eigenvalue weighted by Gasteiger charge is -2.19. The fourth-order valence-corrected chi connectivity index (χ4v) is 0.616. The summed E-state index contributed by atoms with van der Waals surface area (Å²) in [5.41, 5.74) is 2.19. The molecule has 54 valence electrons. The Kier molecular flexibility index (Phi) is 1.89. The molecule has 1 rings (SSSR count). The summed E-state index contributed by atoms with van der Waals surface area (Å²) in [7, 11) is 0. The Hall–Kier alpha value is -1.52. The lowest BCUT2D eigenvalue weighted by molar-refractivity contribution is -0.112. The molecule has 1 heterocycles. The maximum Gasteiger partial charge on any atom is 0.340 e. The van der Waals surface area contributed by atoms with Crippen LogP contribution in [0.4, 0.5) is 4.79 Å². The minimum Gasteiger partial charge on any atom is -0.333 e. The van der Waals surface area contributed by atoms with Crippen LogP contribution in [0.25, 0.3) is 0 Å². The highest BCUT2D eigenvalue weighted by atomic mass is 16.2. The zero-order valence-corrected chi connectivity index (χ0v) is 5.20. The minimum atomic E-state index is -0.324. The molecular weight excluding hydrogens is 134 g/mol. The van der Waals surface area contributed by atoms with Crippen molar-refractivity contribution in [3.63, 3.8) is 0 Å². The summed E-state index contributed by atoms with van der Waals surface area (Å²) in [5.74, 6) is 0. The smallest absolute Gasteiger partial charge is 0.333 e. The van der Waals surface area contributed by atoms with Gasteiger partial charge in [0, 0.05) is 12.7 Å². The van der Waals surface area contributed by atoms with Crippen LogP contribution in [0.15, 0.2) is 12.3 Å². The van der Waals surface area contributed by atoms with Gasteiger partial charge in [-0.1, -0.05) is 0 Å². The third-order valence-electron chi connectivity index (χ3n) is 1.04. The molecule has 0 fully saturated rings. The highest BCUT2D eigenvalue weighted by Crippen LogP contribution is 1.89. The fourth-order valence-electron chi connectivity index (χ4n) is 0.616. The van der Waals surface area contributed by atoms with Gasteiger partial charge in [0.25, 0.3) is 0 Å². The average molecular weight is 141 g/mol. The predicted molar refractivity (Wildman–Crippen MR) is 33.6 cm³/mol. The first-order chi connectivity index (χ1) is 4.84. The van der Waals surface area contributed by atoms with Crippen molar-refractivity contribution in [2.75, 3.05) is 6.54 Å². The summed E-state index contributed by atoms with van der Waals surface area (Å²) in [4.78, 5) is 20.6. The van der Waals surface area contributed by atoms with E-state index in [9.17, 15) is 9.59 Å². The Morgan fingerprint density at radius 1 is 1.80 bits per heavy atom. The van der Waals surface area contributed by atoms with Crippen LogP contribution in [0, 0.1) is 0 Å². The van der Waals surface area contributed by atoms with E-state index in [1.807, 2.05) is 0 Å². The quantitative estimate of drug-likeness (QED) is 0.494. The van der Waals surface area contributed by atoms with Crippen LogP contribution in [0.5, 0.6) is 0 Å². The number of hydrogen-bond acceptors (Lipinski definition) is 2. The molecule has 3 amide bonds. The first kappa shape index (κ1) is 6.60. The molecule has 1 aliphatic rings. The number of carbonyl (C=O) groups excluding carboxylic acids is 2. The maximum absolute atomic E-state index is 10.7. The number of nitrogens with zero attached hydrogens (tertiary/aromatic N) is 1. The molecule has 0 atom stereocenters. The SMILES string of the molecule is O=CNN1C=CCNC1=O. The van der Waals surface area contributed by atoms with Crippen molar-refractivity contribution in [1.82, 2.24) is 15.8 Å². The molecular formula is C5H7N3O2. The van der Waals surface area contributed by atoms with E-state index < -0.39 is 0 Å². The molecule has 0 aromatic rings. The molecule has 1 aliphatic heterocycles. The highest BCUT2D eigenvalue weighted by Gasteiger charge is 2.10. The van der Waals surface area contributed by atoms with Gasteiger partial charge < -0.3 is 5.32 Å². The summed E-state index contributed by atoms with van der Waals surface area (Å²) in [5, 5.41) is 3.56. The first-order valence-electron chi connectivity index (χ1n) is 2.78. The number of nitrogens with one attached hydrogen (secondary N) is 2. The van der Waals surface area contributed by atoms with Gasteiger partial charge >= 0.3 is 6.03 Å². The summed E-state index contributed by atoms with van der Waals surface area (Å²) in [6, 6.07) is -0.324. The molecule has 0 aromatic heterocycles. The largest absolute Gasteiger partial charge is 0.340 e. The fraction of sp³-hybridized carbons (Fsp3) is 0.200. The summed E-state index contributed by atoms with van der Waals surface area (Å²) in [6.07, 6.45) is 3.65. The number of hydrogen-bond donors (Lipinski definition) is 2. The van der Waals surface area contributed by atoms with E-state index in [4.69, 9.17) is 0 Å². The van der Waals surface area contributed by atoms with E-state index in [1.165, 1.54) is 6.20 Å². The standard InChI is InChI=1S/C5H7N3O2/c9-4-7-8-3-1-2-6-5(8)10/h1,3-4H,2H2,(H,6,10)(H,7,9). The molecule has 0 bridgehead atoms. The molecule has 0 unspecified atom stereocenters. The molecule has 0 aliphatic carbocycles. The molecule has 0 aromatic carbocycles. The van der Waals surface area contributed by atoms with Gasteiger partial charge in [-0.2, -0.15) is 0 Å². The minimum absolute atomic E-state index is 0.324. The third-order valence-corrected chi connectivity index (χ3v) is 1.04. The van der Waals surface area contributed by atoms with Crippen molar-refractivity contribution in [2.45, 2.75) is 0 Å². The van der Waals surface area contributed by atoms with E-state index in [1.54, 1.807) is 6.08 Å². The van der Waals surface area contributed by atoms with E-state index in [-0.39, 0.29) is 6.03 Å². The van der Waals surface area contributed by atoms with Gasteiger partial charge in [-0.15, -0.1) is 0 Å². The molecule has 0 spiro atoms. The van der Waals surface area contributed by atoms with Gasteiger partial charge in [0.2, 0.25) is 6.41 Å². The predicted octanol–water partition coefficient (Wildman–Crippen LogP) is -0.814. The van der Waals surface area contributed by atoms with E-state index >= 15 is 0 Å². The first-order valence-corrected chi connectivity index (χ1v) is 2.78. The van der Waals surface area contributed by atoms with Gasteiger partial charge in [-0.3, -0.25) is 10.2 Å². The zero-order valence-electron chi connectivity index (χ0n) is 5.20. The number of urea groups is 1. The molecule has 5 nitrogen and oxygen atoms in total. The Balaban J connectivity index is 2.54. The maximum atomic E-state index is 10.7. The van der Waals surface area contributed by atoms with Gasteiger partial charge in [-0.05, 0) is 6.08 Å². The van der Waals surface area contributed by atoms with Gasteiger partial charge in [0.05, 0.1) is 0 Å². The van der Waals surface area contributed by atoms with Crippen LogP contribution in [0.2, 0.25) is 0 Å². The summed E-state index contributed by atoms with van der Waals surface area (Å²) >= 11 is 0. The number of hydrazine groups is 1. The van der Waals surface area contributed by atoms with Crippen molar-refractivity contribution >= 4 is 12.4 Å². The molecule has 0 saturated heterocycles. The second-order valence-corrected chi connectivity index (χ2v) is 1.69. The molecule has 2 N–H and O–H groups in total. The summed E-state index contributed by atoms with van der Waals surface area (Å²) < 4.78 is 0. The highest BCUT2D eigenvalue weighted by molar-refractivity contribution is 5.77. The van der Waals surface area contributed by atoms with Gasteiger partial charge in [0.1, 0.15) is 0 Å². The van der Waals surface area contributed by atoms with Crippen molar-refractivity contribution < 1.29 is 9.59 Å². The van der Waals surface area contributed by atoms with Crippen LogP contribution < -0.4 is 10.7 Å². The van der Waals surface area contributed by atoms with E-state index in [0.29, 0.717) is 13.0 Å². The molecule has 5 heteroatoms. The average Bonchev–Trinajstić information content (AvgIpc) is 1.94. The lowest BCUT2D eigenvalue weighted by Crippen LogP contribution is -2.46. The van der Waals surface area contributed by atoms with Gasteiger partial charge in [-0.25, -0.2) is 9.80 Å². The Bertz CT molecular complexity index is 178. The number of rotatable bonds is 2. The van der Waals surface area contributed by atoms with Gasteiger partial charge in [0.15, 0.2) is 0 Å².